The van der Waals surface area contributed by atoms with E-state index in [0.717, 1.165) is 5.56 Å². The van der Waals surface area contributed by atoms with Crippen molar-refractivity contribution in [2.75, 3.05) is 26.2 Å². The average Bonchev–Trinajstić information content (AvgIpc) is 2.54. The van der Waals surface area contributed by atoms with Crippen molar-refractivity contribution in [1.29, 1.82) is 0 Å². The number of cyclic esters (lactones) is 1. The summed E-state index contributed by atoms with van der Waals surface area (Å²) >= 11 is 0. The van der Waals surface area contributed by atoms with Crippen molar-refractivity contribution in [3.63, 3.8) is 0 Å². The van der Waals surface area contributed by atoms with Crippen LogP contribution in [0.15, 0.2) is 24.3 Å². The molecule has 1 atom stereocenters. The molecule has 1 saturated heterocycles. The van der Waals surface area contributed by atoms with Crippen LogP contribution in [0.1, 0.15) is 29.8 Å². The molecule has 1 aromatic rings. The SMILES string of the molecule is CC(=O)N1CCN(C(=O)C2(C)Cc3ccccc3C(=O)O2)CC1. The van der Waals surface area contributed by atoms with E-state index < -0.39 is 11.6 Å². The van der Waals surface area contributed by atoms with Crippen LogP contribution in [0.5, 0.6) is 0 Å². The van der Waals surface area contributed by atoms with E-state index >= 15 is 0 Å². The summed E-state index contributed by atoms with van der Waals surface area (Å²) in [6.45, 7) is 5.16. The summed E-state index contributed by atoms with van der Waals surface area (Å²) in [4.78, 5) is 39.8. The van der Waals surface area contributed by atoms with Crippen LogP contribution in [0, 0.1) is 0 Å². The first-order valence-corrected chi connectivity index (χ1v) is 7.77. The third kappa shape index (κ3) is 2.81. The van der Waals surface area contributed by atoms with Crippen LogP contribution in [-0.4, -0.2) is 59.4 Å². The van der Waals surface area contributed by atoms with Gasteiger partial charge < -0.3 is 14.5 Å². The maximum atomic E-state index is 12.9. The van der Waals surface area contributed by atoms with Gasteiger partial charge in [0.1, 0.15) is 0 Å². The van der Waals surface area contributed by atoms with Crippen LogP contribution < -0.4 is 0 Å². The Balaban J connectivity index is 1.75. The second-order valence-electron chi connectivity index (χ2n) is 6.25. The van der Waals surface area contributed by atoms with E-state index in [1.54, 1.807) is 28.9 Å². The van der Waals surface area contributed by atoms with Crippen LogP contribution in [0.25, 0.3) is 0 Å². The molecule has 1 unspecified atom stereocenters. The van der Waals surface area contributed by atoms with Gasteiger partial charge in [0, 0.05) is 39.5 Å². The normalized spacial score (nSPS) is 24.0. The van der Waals surface area contributed by atoms with E-state index in [2.05, 4.69) is 0 Å². The molecular formula is C17H20N2O4. The van der Waals surface area contributed by atoms with Crippen LogP contribution >= 0.6 is 0 Å². The zero-order valence-corrected chi connectivity index (χ0v) is 13.4. The van der Waals surface area contributed by atoms with E-state index in [9.17, 15) is 14.4 Å². The molecule has 0 spiro atoms. The number of esters is 1. The lowest BCUT2D eigenvalue weighted by Gasteiger charge is -2.40. The maximum absolute atomic E-state index is 12.9. The highest BCUT2D eigenvalue weighted by Gasteiger charge is 2.45. The molecule has 2 aliphatic rings. The third-order valence-electron chi connectivity index (χ3n) is 4.55. The number of nitrogens with zero attached hydrogens (tertiary/aromatic N) is 2. The number of hydrogen-bond acceptors (Lipinski definition) is 4. The summed E-state index contributed by atoms with van der Waals surface area (Å²) in [7, 11) is 0. The summed E-state index contributed by atoms with van der Waals surface area (Å²) in [6, 6.07) is 7.21. The number of benzene rings is 1. The molecule has 1 fully saturated rings. The van der Waals surface area contributed by atoms with Crippen LogP contribution in [0.2, 0.25) is 0 Å². The number of carbonyl (C=O) groups excluding carboxylic acids is 3. The van der Waals surface area contributed by atoms with Gasteiger partial charge in [-0.3, -0.25) is 9.59 Å². The molecule has 0 N–H and O–H groups in total. The predicted molar refractivity (Wildman–Crippen MR) is 82.8 cm³/mol. The number of piperazine rings is 1. The van der Waals surface area contributed by atoms with Crippen molar-refractivity contribution < 1.29 is 19.1 Å². The number of ether oxygens (including phenoxy) is 1. The lowest BCUT2D eigenvalue weighted by atomic mass is 9.88. The zero-order chi connectivity index (χ0) is 16.6. The van der Waals surface area contributed by atoms with Crippen LogP contribution in [-0.2, 0) is 20.7 Å². The number of carbonyl (C=O) groups is 3. The first-order chi connectivity index (χ1) is 10.9. The van der Waals surface area contributed by atoms with Gasteiger partial charge in [0.25, 0.3) is 5.91 Å². The number of hydrogen-bond donors (Lipinski definition) is 0. The van der Waals surface area contributed by atoms with Crippen LogP contribution in [0.4, 0.5) is 0 Å². The highest BCUT2D eigenvalue weighted by atomic mass is 16.6. The van der Waals surface area contributed by atoms with Crippen molar-refractivity contribution in [1.82, 2.24) is 9.80 Å². The molecule has 2 amide bonds. The first kappa shape index (κ1) is 15.5. The molecule has 0 saturated carbocycles. The number of rotatable bonds is 1. The van der Waals surface area contributed by atoms with Gasteiger partial charge in [0.2, 0.25) is 5.91 Å². The highest BCUT2D eigenvalue weighted by Crippen LogP contribution is 2.30. The van der Waals surface area contributed by atoms with Crippen LogP contribution in [0.3, 0.4) is 0 Å². The third-order valence-corrected chi connectivity index (χ3v) is 4.55. The monoisotopic (exact) mass is 316 g/mol. The van der Waals surface area contributed by atoms with Gasteiger partial charge in [-0.25, -0.2) is 4.79 Å². The van der Waals surface area contributed by atoms with E-state index in [-0.39, 0.29) is 11.8 Å². The molecule has 0 aromatic heterocycles. The molecule has 6 nitrogen and oxygen atoms in total. The summed E-state index contributed by atoms with van der Waals surface area (Å²) in [5.41, 5.74) is 0.185. The van der Waals surface area contributed by atoms with Gasteiger partial charge in [-0.1, -0.05) is 18.2 Å². The molecular weight excluding hydrogens is 296 g/mol. The molecule has 0 aliphatic carbocycles. The number of amides is 2. The largest absolute Gasteiger partial charge is 0.445 e. The predicted octanol–water partition coefficient (Wildman–Crippen LogP) is 0.849. The molecule has 122 valence electrons. The Morgan fingerprint density at radius 1 is 1.09 bits per heavy atom. The molecule has 0 bridgehead atoms. The minimum Gasteiger partial charge on any atom is -0.445 e. The van der Waals surface area contributed by atoms with E-state index in [1.807, 2.05) is 12.1 Å². The Hall–Kier alpha value is -2.37. The molecule has 23 heavy (non-hydrogen) atoms. The number of fused-ring (bicyclic) bond motifs is 1. The quantitative estimate of drug-likeness (QED) is 0.720. The Morgan fingerprint density at radius 2 is 1.70 bits per heavy atom. The zero-order valence-electron chi connectivity index (χ0n) is 13.4. The first-order valence-electron chi connectivity index (χ1n) is 7.77. The van der Waals surface area contributed by atoms with Gasteiger partial charge in [0.15, 0.2) is 5.60 Å². The fourth-order valence-electron chi connectivity index (χ4n) is 3.21. The summed E-state index contributed by atoms with van der Waals surface area (Å²) in [5, 5.41) is 0. The van der Waals surface area contributed by atoms with Gasteiger partial charge in [-0.15, -0.1) is 0 Å². The van der Waals surface area contributed by atoms with Gasteiger partial charge in [-0.2, -0.15) is 0 Å². The fraction of sp³-hybridized carbons (Fsp3) is 0.471. The summed E-state index contributed by atoms with van der Waals surface area (Å²) in [6.07, 6.45) is 0.376. The highest BCUT2D eigenvalue weighted by molar-refractivity contribution is 5.97. The minimum atomic E-state index is -1.18. The van der Waals surface area contributed by atoms with E-state index in [4.69, 9.17) is 4.74 Å². The van der Waals surface area contributed by atoms with Crippen molar-refractivity contribution in [2.45, 2.75) is 25.9 Å². The van der Waals surface area contributed by atoms with Gasteiger partial charge in [-0.05, 0) is 18.6 Å². The second kappa shape index (κ2) is 5.68. The molecule has 3 rings (SSSR count). The van der Waals surface area contributed by atoms with Gasteiger partial charge >= 0.3 is 5.97 Å². The standard InChI is InChI=1S/C17H20N2O4/c1-12(20)18-7-9-19(10-8-18)16(22)17(2)11-13-5-3-4-6-14(13)15(21)23-17/h3-6H,7-11H2,1-2H3. The molecule has 2 aliphatic heterocycles. The Bertz CT molecular complexity index is 664. The lowest BCUT2D eigenvalue weighted by molar-refractivity contribution is -0.154. The minimum absolute atomic E-state index is 0.0151. The topological polar surface area (TPSA) is 66.9 Å². The molecule has 0 radical (unpaired) electrons. The van der Waals surface area contributed by atoms with Crippen molar-refractivity contribution in [3.05, 3.63) is 35.4 Å². The van der Waals surface area contributed by atoms with E-state index in [0.29, 0.717) is 38.2 Å². The van der Waals surface area contributed by atoms with Crippen molar-refractivity contribution in [2.24, 2.45) is 0 Å². The average molecular weight is 316 g/mol. The smallest absolute Gasteiger partial charge is 0.339 e. The fourth-order valence-corrected chi connectivity index (χ4v) is 3.21. The van der Waals surface area contributed by atoms with Crippen molar-refractivity contribution in [3.8, 4) is 0 Å². The Kier molecular flexibility index (Phi) is 3.83. The van der Waals surface area contributed by atoms with Crippen molar-refractivity contribution >= 4 is 17.8 Å². The Morgan fingerprint density at radius 3 is 2.35 bits per heavy atom. The van der Waals surface area contributed by atoms with E-state index in [1.165, 1.54) is 6.92 Å². The maximum Gasteiger partial charge on any atom is 0.339 e. The second-order valence-corrected chi connectivity index (χ2v) is 6.25. The Labute approximate surface area is 135 Å². The molecule has 2 heterocycles. The molecule has 1 aromatic carbocycles. The lowest BCUT2D eigenvalue weighted by Crippen LogP contribution is -2.58. The van der Waals surface area contributed by atoms with Gasteiger partial charge in [0.05, 0.1) is 5.56 Å². The summed E-state index contributed by atoms with van der Waals surface area (Å²) in [5.74, 6) is -0.630. The molecule has 6 heteroatoms. The summed E-state index contributed by atoms with van der Waals surface area (Å²) < 4.78 is 5.48.